The SMILES string of the molecule is OC(Cc1cncc(Br)c1)Cc1ccc(F)cc1F. The van der Waals surface area contributed by atoms with Crippen LogP contribution in [0.3, 0.4) is 0 Å². The molecule has 1 atom stereocenters. The predicted octanol–water partition coefficient (Wildman–Crippen LogP) is 3.27. The Balaban J connectivity index is 2.03. The van der Waals surface area contributed by atoms with E-state index in [4.69, 9.17) is 0 Å². The van der Waals surface area contributed by atoms with E-state index in [1.807, 2.05) is 6.07 Å². The average molecular weight is 328 g/mol. The van der Waals surface area contributed by atoms with E-state index in [2.05, 4.69) is 20.9 Å². The highest BCUT2D eigenvalue weighted by molar-refractivity contribution is 9.10. The molecule has 100 valence electrons. The minimum absolute atomic E-state index is 0.138. The fourth-order valence-corrected chi connectivity index (χ4v) is 2.27. The lowest BCUT2D eigenvalue weighted by atomic mass is 10.0. The molecule has 0 radical (unpaired) electrons. The minimum Gasteiger partial charge on any atom is -0.392 e. The average Bonchev–Trinajstić information content (AvgIpc) is 2.33. The van der Waals surface area contributed by atoms with Gasteiger partial charge < -0.3 is 5.11 Å². The molecule has 0 fully saturated rings. The molecule has 19 heavy (non-hydrogen) atoms. The Morgan fingerprint density at radius 1 is 1.16 bits per heavy atom. The van der Waals surface area contributed by atoms with Crippen LogP contribution in [-0.4, -0.2) is 16.2 Å². The molecule has 2 rings (SSSR count). The third-order valence-electron chi connectivity index (χ3n) is 2.70. The zero-order valence-corrected chi connectivity index (χ0v) is 11.6. The van der Waals surface area contributed by atoms with Gasteiger partial charge in [0.2, 0.25) is 0 Å². The van der Waals surface area contributed by atoms with Gasteiger partial charge in [-0.15, -0.1) is 0 Å². The Labute approximate surface area is 118 Å². The van der Waals surface area contributed by atoms with Crippen molar-refractivity contribution in [3.05, 3.63) is 63.9 Å². The van der Waals surface area contributed by atoms with Gasteiger partial charge in [0.05, 0.1) is 6.10 Å². The molecule has 0 aliphatic rings. The first-order valence-corrected chi connectivity index (χ1v) is 6.55. The van der Waals surface area contributed by atoms with Crippen LogP contribution in [0.5, 0.6) is 0 Å². The van der Waals surface area contributed by atoms with Crippen LogP contribution >= 0.6 is 15.9 Å². The lowest BCUT2D eigenvalue weighted by molar-refractivity contribution is 0.174. The van der Waals surface area contributed by atoms with Gasteiger partial charge in [0.15, 0.2) is 0 Å². The van der Waals surface area contributed by atoms with E-state index in [0.717, 1.165) is 16.1 Å². The Morgan fingerprint density at radius 2 is 1.95 bits per heavy atom. The van der Waals surface area contributed by atoms with E-state index >= 15 is 0 Å². The molecule has 1 heterocycles. The Hall–Kier alpha value is -1.33. The molecule has 0 saturated carbocycles. The van der Waals surface area contributed by atoms with Gasteiger partial charge in [-0.1, -0.05) is 6.07 Å². The number of aliphatic hydroxyl groups excluding tert-OH is 1. The summed E-state index contributed by atoms with van der Waals surface area (Å²) in [6.07, 6.45) is 3.06. The topological polar surface area (TPSA) is 33.1 Å². The third kappa shape index (κ3) is 4.08. The van der Waals surface area contributed by atoms with Gasteiger partial charge in [0.1, 0.15) is 11.6 Å². The van der Waals surface area contributed by atoms with Gasteiger partial charge in [-0.2, -0.15) is 0 Å². The summed E-state index contributed by atoms with van der Waals surface area (Å²) in [4.78, 5) is 3.99. The summed E-state index contributed by atoms with van der Waals surface area (Å²) in [5, 5.41) is 9.94. The number of halogens is 3. The van der Waals surface area contributed by atoms with Crippen molar-refractivity contribution in [1.29, 1.82) is 0 Å². The molecule has 0 aliphatic heterocycles. The van der Waals surface area contributed by atoms with E-state index in [0.29, 0.717) is 12.0 Å². The molecule has 0 bridgehead atoms. The van der Waals surface area contributed by atoms with Gasteiger partial charge in [0.25, 0.3) is 0 Å². The van der Waals surface area contributed by atoms with E-state index in [1.165, 1.54) is 12.1 Å². The van der Waals surface area contributed by atoms with E-state index in [1.54, 1.807) is 12.4 Å². The molecule has 1 aromatic carbocycles. The zero-order chi connectivity index (χ0) is 13.8. The Bertz CT molecular complexity index is 577. The molecule has 2 nitrogen and oxygen atoms in total. The molecule has 0 spiro atoms. The molecule has 1 unspecified atom stereocenters. The number of aromatic nitrogens is 1. The van der Waals surface area contributed by atoms with Crippen molar-refractivity contribution in [2.75, 3.05) is 0 Å². The molecular formula is C14H12BrF2NO. The standard InChI is InChI=1S/C14H12BrF2NO/c15-11-3-9(7-18-8-11)4-13(19)5-10-1-2-12(16)6-14(10)17/h1-3,6-8,13,19H,4-5H2. The molecule has 0 amide bonds. The van der Waals surface area contributed by atoms with Crippen LogP contribution in [0, 0.1) is 11.6 Å². The van der Waals surface area contributed by atoms with E-state index in [-0.39, 0.29) is 6.42 Å². The summed E-state index contributed by atoms with van der Waals surface area (Å²) in [5.41, 5.74) is 1.15. The maximum atomic E-state index is 13.4. The molecule has 1 N–H and O–H groups in total. The number of hydrogen-bond donors (Lipinski definition) is 1. The number of pyridine rings is 1. The third-order valence-corrected chi connectivity index (χ3v) is 3.14. The first-order valence-electron chi connectivity index (χ1n) is 5.76. The van der Waals surface area contributed by atoms with Crippen molar-refractivity contribution in [2.45, 2.75) is 18.9 Å². The second kappa shape index (κ2) is 6.21. The summed E-state index contributed by atoms with van der Waals surface area (Å²) in [6.45, 7) is 0. The van der Waals surface area contributed by atoms with Crippen LogP contribution in [0.1, 0.15) is 11.1 Å². The monoisotopic (exact) mass is 327 g/mol. The van der Waals surface area contributed by atoms with Crippen molar-refractivity contribution in [2.24, 2.45) is 0 Å². The Kier molecular flexibility index (Phi) is 4.61. The smallest absolute Gasteiger partial charge is 0.129 e. The van der Waals surface area contributed by atoms with Gasteiger partial charge in [-0.25, -0.2) is 8.78 Å². The van der Waals surface area contributed by atoms with Crippen LogP contribution < -0.4 is 0 Å². The summed E-state index contributed by atoms with van der Waals surface area (Å²) < 4.78 is 27.0. The molecule has 1 aromatic heterocycles. The summed E-state index contributed by atoms with van der Waals surface area (Å²) >= 11 is 3.29. The molecule has 0 saturated heterocycles. The lowest BCUT2D eigenvalue weighted by Gasteiger charge is -2.11. The first-order chi connectivity index (χ1) is 9.04. The second-order valence-electron chi connectivity index (χ2n) is 4.31. The quantitative estimate of drug-likeness (QED) is 0.934. The minimum atomic E-state index is -0.740. The van der Waals surface area contributed by atoms with Gasteiger partial charge in [-0.3, -0.25) is 4.98 Å². The number of rotatable bonds is 4. The van der Waals surface area contributed by atoms with Crippen LogP contribution in [0.15, 0.2) is 41.1 Å². The zero-order valence-electron chi connectivity index (χ0n) is 9.98. The second-order valence-corrected chi connectivity index (χ2v) is 5.22. The largest absolute Gasteiger partial charge is 0.392 e. The lowest BCUT2D eigenvalue weighted by Crippen LogP contribution is -2.15. The van der Waals surface area contributed by atoms with Gasteiger partial charge >= 0.3 is 0 Å². The van der Waals surface area contributed by atoms with Crippen molar-refractivity contribution in [3.63, 3.8) is 0 Å². The molecule has 2 aromatic rings. The highest BCUT2D eigenvalue weighted by Crippen LogP contribution is 2.15. The maximum Gasteiger partial charge on any atom is 0.129 e. The van der Waals surface area contributed by atoms with Crippen LogP contribution in [0.4, 0.5) is 8.78 Å². The summed E-state index contributed by atoms with van der Waals surface area (Å²) in [6, 6.07) is 5.21. The summed E-state index contributed by atoms with van der Waals surface area (Å²) in [7, 11) is 0. The van der Waals surface area contributed by atoms with Crippen molar-refractivity contribution in [1.82, 2.24) is 4.98 Å². The maximum absolute atomic E-state index is 13.4. The number of aliphatic hydroxyl groups is 1. The fraction of sp³-hybridized carbons (Fsp3) is 0.214. The number of nitrogens with zero attached hydrogens (tertiary/aromatic N) is 1. The summed E-state index contributed by atoms with van der Waals surface area (Å²) in [5.74, 6) is -1.25. The first kappa shape index (κ1) is 14.1. The van der Waals surface area contributed by atoms with Crippen LogP contribution in [0.25, 0.3) is 0 Å². The van der Waals surface area contributed by atoms with Gasteiger partial charge in [-0.05, 0) is 39.2 Å². The molecule has 0 aliphatic carbocycles. The molecular weight excluding hydrogens is 316 g/mol. The predicted molar refractivity (Wildman–Crippen MR) is 71.7 cm³/mol. The van der Waals surface area contributed by atoms with Crippen molar-refractivity contribution in [3.8, 4) is 0 Å². The van der Waals surface area contributed by atoms with Crippen molar-refractivity contribution < 1.29 is 13.9 Å². The van der Waals surface area contributed by atoms with Crippen LogP contribution in [-0.2, 0) is 12.8 Å². The fourth-order valence-electron chi connectivity index (χ4n) is 1.85. The van der Waals surface area contributed by atoms with Crippen molar-refractivity contribution >= 4 is 15.9 Å². The van der Waals surface area contributed by atoms with E-state index < -0.39 is 17.7 Å². The molecule has 5 heteroatoms. The Morgan fingerprint density at radius 3 is 2.63 bits per heavy atom. The number of benzene rings is 1. The van der Waals surface area contributed by atoms with Gasteiger partial charge in [0, 0.05) is 35.8 Å². The normalized spacial score (nSPS) is 12.4. The van der Waals surface area contributed by atoms with Crippen LogP contribution in [0.2, 0.25) is 0 Å². The highest BCUT2D eigenvalue weighted by atomic mass is 79.9. The number of hydrogen-bond acceptors (Lipinski definition) is 2. The van der Waals surface area contributed by atoms with E-state index in [9.17, 15) is 13.9 Å². The highest BCUT2D eigenvalue weighted by Gasteiger charge is 2.11.